The van der Waals surface area contributed by atoms with Gasteiger partial charge in [-0.3, -0.25) is 23.7 Å². The van der Waals surface area contributed by atoms with Crippen LogP contribution in [-0.4, -0.2) is 74.4 Å². The Hall–Kier alpha value is -1.97. The lowest BCUT2D eigenvalue weighted by atomic mass is 9.92. The van der Waals surface area contributed by atoms with E-state index in [1.807, 2.05) is 0 Å². The van der Waals surface area contributed by atoms with Crippen molar-refractivity contribution in [1.82, 2.24) is 28.5 Å². The molecule has 0 unspecified atom stereocenters. The van der Waals surface area contributed by atoms with E-state index in [0.29, 0.717) is 36.1 Å². The van der Waals surface area contributed by atoms with Crippen LogP contribution in [0.5, 0.6) is 0 Å². The van der Waals surface area contributed by atoms with Crippen LogP contribution >= 0.6 is 0 Å². The summed E-state index contributed by atoms with van der Waals surface area (Å²) in [5.74, 6) is 2.17. The molecule has 0 bridgehead atoms. The van der Waals surface area contributed by atoms with Crippen LogP contribution in [-0.2, 0) is 31.9 Å². The summed E-state index contributed by atoms with van der Waals surface area (Å²) in [5, 5.41) is 0. The minimum Gasteiger partial charge on any atom is -0.379 e. The van der Waals surface area contributed by atoms with E-state index in [1.165, 1.54) is 22.6 Å². The minimum atomic E-state index is -0.336. The molecule has 0 amide bonds. The van der Waals surface area contributed by atoms with Crippen molar-refractivity contribution in [3.8, 4) is 0 Å². The van der Waals surface area contributed by atoms with Gasteiger partial charge in [0.2, 0.25) is 0 Å². The Morgan fingerprint density at radius 2 is 1.63 bits per heavy atom. The third kappa shape index (κ3) is 4.10. The van der Waals surface area contributed by atoms with Gasteiger partial charge in [0.05, 0.1) is 19.8 Å². The molecular formula is C21H34N6O3. The van der Waals surface area contributed by atoms with Gasteiger partial charge in [-0.15, -0.1) is 0 Å². The normalized spacial score (nSPS) is 24.0. The van der Waals surface area contributed by atoms with E-state index in [9.17, 15) is 9.59 Å². The van der Waals surface area contributed by atoms with Crippen molar-refractivity contribution in [2.75, 3.05) is 45.9 Å². The number of hydrogen-bond acceptors (Lipinski definition) is 6. The van der Waals surface area contributed by atoms with Gasteiger partial charge in [0.1, 0.15) is 5.82 Å². The quantitative estimate of drug-likeness (QED) is 0.693. The maximum atomic E-state index is 13.0. The number of morpholine rings is 1. The summed E-state index contributed by atoms with van der Waals surface area (Å²) in [6, 6.07) is 0. The first kappa shape index (κ1) is 21.3. The van der Waals surface area contributed by atoms with Gasteiger partial charge < -0.3 is 9.30 Å². The fraction of sp³-hybridized carbons (Fsp3) is 0.762. The van der Waals surface area contributed by atoms with E-state index in [2.05, 4.69) is 28.2 Å². The Bertz CT molecular complexity index is 1010. The first-order valence-electron chi connectivity index (χ1n) is 11.0. The number of ether oxygens (including phenoxy) is 1. The van der Waals surface area contributed by atoms with Gasteiger partial charge in [-0.25, -0.2) is 9.78 Å². The number of rotatable bonds is 5. The molecule has 4 heterocycles. The zero-order valence-corrected chi connectivity index (χ0v) is 18.6. The molecule has 2 aliphatic heterocycles. The van der Waals surface area contributed by atoms with Crippen LogP contribution in [0.4, 0.5) is 0 Å². The molecule has 2 aromatic heterocycles. The average Bonchev–Trinajstić information content (AvgIpc) is 3.07. The molecule has 0 saturated carbocycles. The monoisotopic (exact) mass is 418 g/mol. The number of nitrogens with zero attached hydrogens (tertiary/aromatic N) is 6. The summed E-state index contributed by atoms with van der Waals surface area (Å²) < 4.78 is 10.2. The fourth-order valence-corrected chi connectivity index (χ4v) is 5.04. The van der Waals surface area contributed by atoms with Gasteiger partial charge in [-0.1, -0.05) is 13.8 Å². The number of hydrogen-bond donors (Lipinski definition) is 0. The Balaban J connectivity index is 1.71. The van der Waals surface area contributed by atoms with Crippen molar-refractivity contribution in [1.29, 1.82) is 0 Å². The van der Waals surface area contributed by atoms with Gasteiger partial charge in [-0.05, 0) is 18.3 Å². The number of imidazole rings is 1. The highest BCUT2D eigenvalue weighted by Gasteiger charge is 2.25. The summed E-state index contributed by atoms with van der Waals surface area (Å²) in [7, 11) is 3.23. The van der Waals surface area contributed by atoms with Crippen LogP contribution in [0, 0.1) is 11.8 Å². The molecule has 0 aromatic carbocycles. The number of likely N-dealkylation sites (tertiary alicyclic amines) is 1. The van der Waals surface area contributed by atoms with Crippen LogP contribution in [0.2, 0.25) is 0 Å². The zero-order valence-electron chi connectivity index (χ0n) is 18.6. The fourth-order valence-electron chi connectivity index (χ4n) is 5.04. The van der Waals surface area contributed by atoms with Crippen LogP contribution in [0.25, 0.3) is 11.2 Å². The summed E-state index contributed by atoms with van der Waals surface area (Å²) in [5.41, 5.74) is 0.408. The molecule has 2 atom stereocenters. The van der Waals surface area contributed by atoms with Crippen molar-refractivity contribution in [3.05, 3.63) is 26.7 Å². The van der Waals surface area contributed by atoms with Crippen molar-refractivity contribution < 1.29 is 4.74 Å². The van der Waals surface area contributed by atoms with E-state index < -0.39 is 0 Å². The highest BCUT2D eigenvalue weighted by molar-refractivity contribution is 5.71. The van der Waals surface area contributed by atoms with E-state index in [0.717, 1.165) is 51.8 Å². The predicted octanol–water partition coefficient (Wildman–Crippen LogP) is 0.244. The van der Waals surface area contributed by atoms with Gasteiger partial charge in [0.25, 0.3) is 5.56 Å². The van der Waals surface area contributed by atoms with Crippen LogP contribution in [0.3, 0.4) is 0 Å². The third-order valence-electron chi connectivity index (χ3n) is 6.48. The summed E-state index contributed by atoms with van der Waals surface area (Å²) >= 11 is 0. The molecular weight excluding hydrogens is 384 g/mol. The zero-order chi connectivity index (χ0) is 21.4. The molecule has 2 saturated heterocycles. The first-order chi connectivity index (χ1) is 14.3. The topological polar surface area (TPSA) is 77.5 Å². The molecule has 0 aliphatic carbocycles. The predicted molar refractivity (Wildman–Crippen MR) is 116 cm³/mol. The lowest BCUT2D eigenvalue weighted by Crippen LogP contribution is -2.40. The van der Waals surface area contributed by atoms with Gasteiger partial charge in [0, 0.05) is 53.4 Å². The molecule has 2 aliphatic rings. The van der Waals surface area contributed by atoms with E-state index >= 15 is 0 Å². The molecule has 166 valence electrons. The summed E-state index contributed by atoms with van der Waals surface area (Å²) in [6.45, 7) is 12.2. The first-order valence-corrected chi connectivity index (χ1v) is 11.0. The van der Waals surface area contributed by atoms with E-state index in [4.69, 9.17) is 9.72 Å². The second-order valence-electron chi connectivity index (χ2n) is 9.15. The lowest BCUT2D eigenvalue weighted by Gasteiger charge is -2.34. The van der Waals surface area contributed by atoms with Gasteiger partial charge >= 0.3 is 5.69 Å². The number of aromatic nitrogens is 4. The second kappa shape index (κ2) is 8.64. The average molecular weight is 419 g/mol. The maximum absolute atomic E-state index is 13.0. The summed E-state index contributed by atoms with van der Waals surface area (Å²) in [4.78, 5) is 35.1. The highest BCUT2D eigenvalue weighted by Crippen LogP contribution is 2.23. The molecule has 0 spiro atoms. The van der Waals surface area contributed by atoms with Gasteiger partial charge in [0.15, 0.2) is 11.2 Å². The molecule has 0 N–H and O–H groups in total. The summed E-state index contributed by atoms with van der Waals surface area (Å²) in [6.07, 6.45) is 1.25. The Kier molecular flexibility index (Phi) is 6.13. The standard InChI is InChI=1S/C21H34N6O3/c1-15-11-16(2)13-26(12-15)14-17-22-19-18(20(28)24(4)21(29)23(19)3)27(17)6-5-25-7-9-30-10-8-25/h15-16H,5-14H2,1-4H3/t15-,16-/m1/s1. The molecule has 0 radical (unpaired) electrons. The smallest absolute Gasteiger partial charge is 0.332 e. The van der Waals surface area contributed by atoms with Crippen molar-refractivity contribution >= 4 is 11.2 Å². The number of piperidine rings is 1. The van der Waals surface area contributed by atoms with Crippen LogP contribution < -0.4 is 11.2 Å². The largest absolute Gasteiger partial charge is 0.379 e. The molecule has 30 heavy (non-hydrogen) atoms. The SMILES string of the molecule is C[C@@H]1C[C@@H](C)CN(Cc2nc3c(c(=O)n(C)c(=O)n3C)n2CCN2CCOCC2)C1. The number of fused-ring (bicyclic) bond motifs is 1. The Morgan fingerprint density at radius 1 is 0.967 bits per heavy atom. The molecule has 2 aromatic rings. The van der Waals surface area contributed by atoms with Crippen molar-refractivity contribution in [2.24, 2.45) is 25.9 Å². The van der Waals surface area contributed by atoms with E-state index in [-0.39, 0.29) is 11.2 Å². The lowest BCUT2D eigenvalue weighted by molar-refractivity contribution is 0.0363. The van der Waals surface area contributed by atoms with Crippen molar-refractivity contribution in [3.63, 3.8) is 0 Å². The van der Waals surface area contributed by atoms with Crippen molar-refractivity contribution in [2.45, 2.75) is 33.4 Å². The van der Waals surface area contributed by atoms with E-state index in [1.54, 1.807) is 7.05 Å². The van der Waals surface area contributed by atoms with Crippen LogP contribution in [0.1, 0.15) is 26.1 Å². The Labute approximate surface area is 176 Å². The molecule has 9 heteroatoms. The third-order valence-corrected chi connectivity index (χ3v) is 6.48. The molecule has 9 nitrogen and oxygen atoms in total. The highest BCUT2D eigenvalue weighted by atomic mass is 16.5. The Morgan fingerprint density at radius 3 is 2.30 bits per heavy atom. The second-order valence-corrected chi connectivity index (χ2v) is 9.15. The maximum Gasteiger partial charge on any atom is 0.332 e. The number of aryl methyl sites for hydroxylation is 1. The van der Waals surface area contributed by atoms with Crippen LogP contribution in [0.15, 0.2) is 9.59 Å². The minimum absolute atomic E-state index is 0.269. The molecule has 4 rings (SSSR count). The molecule has 2 fully saturated rings. The van der Waals surface area contributed by atoms with Gasteiger partial charge in [-0.2, -0.15) is 0 Å².